The van der Waals surface area contributed by atoms with Crippen molar-refractivity contribution in [1.82, 2.24) is 4.57 Å². The van der Waals surface area contributed by atoms with Gasteiger partial charge in [-0.3, -0.25) is 14.6 Å². The molecule has 2 aromatic carbocycles. The molecule has 1 N–H and O–H groups in total. The van der Waals surface area contributed by atoms with Crippen LogP contribution in [0.5, 0.6) is 5.75 Å². The maximum Gasteiger partial charge on any atom is 0.255 e. The third-order valence-electron chi connectivity index (χ3n) is 5.13. The van der Waals surface area contributed by atoms with Gasteiger partial charge in [0.2, 0.25) is 0 Å². The SMILES string of the molecule is C=Nc1cc(OC)ccc1C(=C)OCC(C)(C)n1cc(NC(=O)c2ccccc2)ccc1=O. The second-order valence-electron chi connectivity index (χ2n) is 8.01. The summed E-state index contributed by atoms with van der Waals surface area (Å²) < 4.78 is 12.7. The van der Waals surface area contributed by atoms with Crippen molar-refractivity contribution in [2.45, 2.75) is 19.4 Å². The van der Waals surface area contributed by atoms with Crippen LogP contribution in [-0.2, 0) is 10.3 Å². The maximum atomic E-state index is 12.6. The fourth-order valence-corrected chi connectivity index (χ4v) is 3.24. The van der Waals surface area contributed by atoms with E-state index in [4.69, 9.17) is 9.47 Å². The Bertz CT molecular complexity index is 1230. The Hall–Kier alpha value is -4.13. The molecule has 0 bridgehead atoms. The monoisotopic (exact) mass is 445 g/mol. The molecular weight excluding hydrogens is 418 g/mol. The highest BCUT2D eigenvalue weighted by Crippen LogP contribution is 2.31. The van der Waals surface area contributed by atoms with E-state index in [9.17, 15) is 9.59 Å². The summed E-state index contributed by atoms with van der Waals surface area (Å²) in [4.78, 5) is 29.1. The Balaban J connectivity index is 1.76. The first-order valence-electron chi connectivity index (χ1n) is 10.3. The lowest BCUT2D eigenvalue weighted by atomic mass is 10.1. The zero-order chi connectivity index (χ0) is 24.0. The number of pyridine rings is 1. The van der Waals surface area contributed by atoms with Crippen molar-refractivity contribution in [3.63, 3.8) is 0 Å². The number of hydrogen-bond acceptors (Lipinski definition) is 5. The Morgan fingerprint density at radius 2 is 1.85 bits per heavy atom. The van der Waals surface area contributed by atoms with E-state index in [0.717, 1.165) is 0 Å². The number of nitrogens with zero attached hydrogens (tertiary/aromatic N) is 2. The molecule has 1 aromatic heterocycles. The summed E-state index contributed by atoms with van der Waals surface area (Å²) in [6.07, 6.45) is 1.61. The second-order valence-corrected chi connectivity index (χ2v) is 8.01. The van der Waals surface area contributed by atoms with Crippen LogP contribution >= 0.6 is 0 Å². The van der Waals surface area contributed by atoms with Gasteiger partial charge in [-0.1, -0.05) is 24.8 Å². The Morgan fingerprint density at radius 3 is 2.52 bits per heavy atom. The summed E-state index contributed by atoms with van der Waals surface area (Å²) >= 11 is 0. The molecule has 0 aliphatic rings. The van der Waals surface area contributed by atoms with Crippen LogP contribution in [0.15, 0.2) is 83.2 Å². The highest BCUT2D eigenvalue weighted by atomic mass is 16.5. The fraction of sp³-hybridized carbons (Fsp3) is 0.192. The highest BCUT2D eigenvalue weighted by molar-refractivity contribution is 6.04. The average Bonchev–Trinajstić information content (AvgIpc) is 2.83. The summed E-state index contributed by atoms with van der Waals surface area (Å²) in [6, 6.07) is 17.2. The van der Waals surface area contributed by atoms with Gasteiger partial charge in [-0.2, -0.15) is 0 Å². The number of rotatable bonds is 9. The van der Waals surface area contributed by atoms with Crippen LogP contribution in [0.3, 0.4) is 0 Å². The molecule has 1 amide bonds. The normalized spacial score (nSPS) is 10.9. The summed E-state index contributed by atoms with van der Waals surface area (Å²) in [5.74, 6) is 0.789. The number of ether oxygens (including phenoxy) is 2. The molecule has 0 fully saturated rings. The van der Waals surface area contributed by atoms with Gasteiger partial charge in [0, 0.05) is 29.5 Å². The van der Waals surface area contributed by atoms with Gasteiger partial charge < -0.3 is 19.4 Å². The first-order valence-corrected chi connectivity index (χ1v) is 10.3. The van der Waals surface area contributed by atoms with Crippen molar-refractivity contribution in [2.75, 3.05) is 19.0 Å². The summed E-state index contributed by atoms with van der Waals surface area (Å²) in [6.45, 7) is 11.5. The van der Waals surface area contributed by atoms with Gasteiger partial charge >= 0.3 is 0 Å². The van der Waals surface area contributed by atoms with E-state index in [0.29, 0.717) is 34.0 Å². The number of anilines is 1. The van der Waals surface area contributed by atoms with Gasteiger partial charge in [0.25, 0.3) is 11.5 Å². The number of methoxy groups -OCH3 is 1. The summed E-state index contributed by atoms with van der Waals surface area (Å²) in [7, 11) is 1.57. The molecule has 0 radical (unpaired) electrons. The van der Waals surface area contributed by atoms with Gasteiger partial charge in [0.05, 0.1) is 24.0 Å². The molecular formula is C26H27N3O4. The third-order valence-corrected chi connectivity index (χ3v) is 5.13. The lowest BCUT2D eigenvalue weighted by Gasteiger charge is -2.28. The van der Waals surface area contributed by atoms with Crippen LogP contribution in [0.25, 0.3) is 5.76 Å². The number of nitrogens with one attached hydrogen (secondary N) is 1. The van der Waals surface area contributed by atoms with E-state index in [1.54, 1.807) is 61.8 Å². The molecule has 0 spiro atoms. The molecule has 3 aromatic rings. The van der Waals surface area contributed by atoms with Crippen LogP contribution < -0.4 is 15.6 Å². The quantitative estimate of drug-likeness (QED) is 0.377. The molecule has 0 saturated carbocycles. The van der Waals surface area contributed by atoms with E-state index in [1.165, 1.54) is 10.6 Å². The predicted octanol–water partition coefficient (Wildman–Crippen LogP) is 4.86. The van der Waals surface area contributed by atoms with Crippen LogP contribution in [0.4, 0.5) is 11.4 Å². The minimum absolute atomic E-state index is 0.157. The molecule has 7 nitrogen and oxygen atoms in total. The maximum absolute atomic E-state index is 12.6. The zero-order valence-corrected chi connectivity index (χ0v) is 19.0. The number of aromatic nitrogens is 1. The smallest absolute Gasteiger partial charge is 0.255 e. The van der Waals surface area contributed by atoms with Crippen molar-refractivity contribution >= 4 is 29.8 Å². The second kappa shape index (κ2) is 9.99. The number of carbonyl (C=O) groups is 1. The average molecular weight is 446 g/mol. The van der Waals surface area contributed by atoms with E-state index in [2.05, 4.69) is 23.6 Å². The van der Waals surface area contributed by atoms with Crippen molar-refractivity contribution in [1.29, 1.82) is 0 Å². The van der Waals surface area contributed by atoms with Crippen LogP contribution in [0.2, 0.25) is 0 Å². The number of amides is 1. The molecule has 0 saturated heterocycles. The molecule has 33 heavy (non-hydrogen) atoms. The Kier molecular flexibility index (Phi) is 7.13. The first-order chi connectivity index (χ1) is 15.7. The van der Waals surface area contributed by atoms with E-state index >= 15 is 0 Å². The largest absolute Gasteiger partial charge is 0.497 e. The molecule has 7 heteroatoms. The van der Waals surface area contributed by atoms with Gasteiger partial charge in [-0.25, -0.2) is 0 Å². The molecule has 0 atom stereocenters. The van der Waals surface area contributed by atoms with Crippen molar-refractivity contribution in [3.05, 3.63) is 94.9 Å². The Morgan fingerprint density at radius 1 is 1.12 bits per heavy atom. The standard InChI is InChI=1S/C26H27N3O4/c1-18(22-13-12-21(32-5)15-23(22)27-4)33-17-26(2,3)29-16-20(11-14-24(29)30)28-25(31)19-9-7-6-8-10-19/h6-16H,1,4,17H2,2-3,5H3,(H,28,31). The van der Waals surface area contributed by atoms with Crippen LogP contribution in [-0.4, -0.2) is 30.9 Å². The van der Waals surface area contributed by atoms with E-state index in [-0.39, 0.29) is 18.1 Å². The van der Waals surface area contributed by atoms with E-state index < -0.39 is 5.54 Å². The lowest BCUT2D eigenvalue weighted by Crippen LogP contribution is -2.39. The van der Waals surface area contributed by atoms with Gasteiger partial charge in [-0.05, 0) is 50.9 Å². The van der Waals surface area contributed by atoms with Crippen molar-refractivity contribution < 1.29 is 14.3 Å². The molecule has 1 heterocycles. The molecule has 0 aliphatic carbocycles. The molecule has 0 unspecified atom stereocenters. The fourth-order valence-electron chi connectivity index (χ4n) is 3.24. The predicted molar refractivity (Wildman–Crippen MR) is 132 cm³/mol. The summed E-state index contributed by atoms with van der Waals surface area (Å²) in [5, 5.41) is 2.83. The lowest BCUT2D eigenvalue weighted by molar-refractivity contribution is 0.102. The zero-order valence-electron chi connectivity index (χ0n) is 19.0. The minimum atomic E-state index is -0.734. The van der Waals surface area contributed by atoms with Crippen molar-refractivity contribution in [2.24, 2.45) is 4.99 Å². The number of hydrogen-bond donors (Lipinski definition) is 1. The molecule has 0 aliphatic heterocycles. The summed E-state index contributed by atoms with van der Waals surface area (Å²) in [5.41, 5.74) is 1.34. The number of benzene rings is 2. The van der Waals surface area contributed by atoms with Gasteiger partial charge in [-0.15, -0.1) is 0 Å². The topological polar surface area (TPSA) is 81.9 Å². The number of carbonyl (C=O) groups excluding carboxylic acids is 1. The highest BCUT2D eigenvalue weighted by Gasteiger charge is 2.24. The molecule has 3 rings (SSSR count). The van der Waals surface area contributed by atoms with Crippen molar-refractivity contribution in [3.8, 4) is 5.75 Å². The van der Waals surface area contributed by atoms with E-state index in [1.807, 2.05) is 19.9 Å². The van der Waals surface area contributed by atoms with Gasteiger partial charge in [0.15, 0.2) is 0 Å². The van der Waals surface area contributed by atoms with Crippen LogP contribution in [0, 0.1) is 0 Å². The molecule has 170 valence electrons. The minimum Gasteiger partial charge on any atom is -0.497 e. The number of aliphatic imine (C=N–C) groups is 1. The first kappa shape index (κ1) is 23.5. The van der Waals surface area contributed by atoms with Crippen LogP contribution in [0.1, 0.15) is 29.8 Å². The Labute approximate surface area is 193 Å². The third kappa shape index (κ3) is 5.57. The van der Waals surface area contributed by atoms with Gasteiger partial charge in [0.1, 0.15) is 18.1 Å².